The molecule has 0 aliphatic carbocycles. The first-order valence-corrected chi connectivity index (χ1v) is 5.75. The molecule has 0 atom stereocenters. The minimum atomic E-state index is 0.344. The topological polar surface area (TPSA) is 61.6 Å². The molecule has 2 aromatic rings. The van der Waals surface area contributed by atoms with Gasteiger partial charge in [0.15, 0.2) is 0 Å². The van der Waals surface area contributed by atoms with Crippen molar-refractivity contribution >= 4 is 23.1 Å². The molecular weight excluding hydrogens is 248 g/mol. The highest BCUT2D eigenvalue weighted by Gasteiger charge is 2.04. The lowest BCUT2D eigenvalue weighted by molar-refractivity contribution is 1.04. The largest absolute Gasteiger partial charge is 0.340 e. The maximum Gasteiger partial charge on any atom is 0.146 e. The molecule has 1 aromatic carbocycles. The standard InChI is InChI=1S/C13H11ClN4/c1-8-5-10(14)3-4-12(8)18-13-6-11(7-15)16-9(2)17-13/h3-6H,1-2H3,(H,16,17,18). The average molecular weight is 259 g/mol. The number of halogens is 1. The Bertz CT molecular complexity index is 631. The van der Waals surface area contributed by atoms with E-state index in [1.807, 2.05) is 25.1 Å². The first-order valence-electron chi connectivity index (χ1n) is 5.37. The number of hydrogen-bond acceptors (Lipinski definition) is 4. The number of hydrogen-bond donors (Lipinski definition) is 1. The molecule has 0 bridgehead atoms. The Labute approximate surface area is 110 Å². The van der Waals surface area contributed by atoms with Crippen LogP contribution in [0.2, 0.25) is 5.02 Å². The minimum Gasteiger partial charge on any atom is -0.340 e. The van der Waals surface area contributed by atoms with Crippen molar-refractivity contribution in [3.05, 3.63) is 46.4 Å². The van der Waals surface area contributed by atoms with Crippen LogP contribution < -0.4 is 5.32 Å². The summed E-state index contributed by atoms with van der Waals surface area (Å²) in [5.41, 5.74) is 2.26. The molecule has 1 heterocycles. The molecule has 1 aromatic heterocycles. The average Bonchev–Trinajstić information content (AvgIpc) is 2.32. The molecular formula is C13H11ClN4. The van der Waals surface area contributed by atoms with Gasteiger partial charge in [-0.2, -0.15) is 5.26 Å². The zero-order chi connectivity index (χ0) is 13.1. The van der Waals surface area contributed by atoms with E-state index in [9.17, 15) is 0 Å². The van der Waals surface area contributed by atoms with Gasteiger partial charge in [-0.15, -0.1) is 0 Å². The summed E-state index contributed by atoms with van der Waals surface area (Å²) in [4.78, 5) is 8.23. The first kappa shape index (κ1) is 12.3. The summed E-state index contributed by atoms with van der Waals surface area (Å²) in [7, 11) is 0. The molecule has 0 radical (unpaired) electrons. The highest BCUT2D eigenvalue weighted by Crippen LogP contribution is 2.22. The quantitative estimate of drug-likeness (QED) is 0.897. The van der Waals surface area contributed by atoms with Gasteiger partial charge in [-0.3, -0.25) is 0 Å². The van der Waals surface area contributed by atoms with Gasteiger partial charge in [0.05, 0.1) is 0 Å². The highest BCUT2D eigenvalue weighted by molar-refractivity contribution is 6.30. The predicted molar refractivity (Wildman–Crippen MR) is 71.0 cm³/mol. The van der Waals surface area contributed by atoms with Crippen molar-refractivity contribution in [1.82, 2.24) is 9.97 Å². The summed E-state index contributed by atoms with van der Waals surface area (Å²) in [6.45, 7) is 3.70. The van der Waals surface area contributed by atoms with Gasteiger partial charge in [0.2, 0.25) is 0 Å². The Morgan fingerprint density at radius 1 is 1.22 bits per heavy atom. The molecule has 0 aliphatic heterocycles. The fraction of sp³-hybridized carbons (Fsp3) is 0.154. The lowest BCUT2D eigenvalue weighted by Crippen LogP contribution is -2.00. The van der Waals surface area contributed by atoms with Crippen molar-refractivity contribution in [3.63, 3.8) is 0 Å². The van der Waals surface area contributed by atoms with Crippen LogP contribution in [0.5, 0.6) is 0 Å². The lowest BCUT2D eigenvalue weighted by atomic mass is 10.2. The number of aromatic nitrogens is 2. The van der Waals surface area contributed by atoms with Crippen molar-refractivity contribution in [2.45, 2.75) is 13.8 Å². The molecule has 5 heteroatoms. The molecule has 0 spiro atoms. The summed E-state index contributed by atoms with van der Waals surface area (Å²) in [5, 5.41) is 12.7. The minimum absolute atomic E-state index is 0.344. The van der Waals surface area contributed by atoms with E-state index in [4.69, 9.17) is 16.9 Å². The van der Waals surface area contributed by atoms with E-state index in [-0.39, 0.29) is 0 Å². The van der Waals surface area contributed by atoms with Crippen LogP contribution in [0.15, 0.2) is 24.3 Å². The van der Waals surface area contributed by atoms with Crippen molar-refractivity contribution < 1.29 is 0 Å². The number of aryl methyl sites for hydroxylation is 2. The summed E-state index contributed by atoms with van der Waals surface area (Å²) in [6, 6.07) is 9.16. The molecule has 0 saturated carbocycles. The predicted octanol–water partition coefficient (Wildman–Crippen LogP) is 3.36. The normalized spacial score (nSPS) is 9.89. The van der Waals surface area contributed by atoms with E-state index in [0.29, 0.717) is 22.4 Å². The second-order valence-corrected chi connectivity index (χ2v) is 4.32. The molecule has 18 heavy (non-hydrogen) atoms. The van der Waals surface area contributed by atoms with Crippen LogP contribution in [-0.4, -0.2) is 9.97 Å². The molecule has 0 aliphatic rings. The number of benzene rings is 1. The van der Waals surface area contributed by atoms with E-state index < -0.39 is 0 Å². The van der Waals surface area contributed by atoms with Gasteiger partial charge >= 0.3 is 0 Å². The number of anilines is 2. The van der Waals surface area contributed by atoms with Crippen LogP contribution in [-0.2, 0) is 0 Å². The second-order valence-electron chi connectivity index (χ2n) is 3.88. The SMILES string of the molecule is Cc1nc(C#N)cc(Nc2ccc(Cl)cc2C)n1. The van der Waals surface area contributed by atoms with Gasteiger partial charge < -0.3 is 5.32 Å². The molecule has 4 nitrogen and oxygen atoms in total. The van der Waals surface area contributed by atoms with E-state index >= 15 is 0 Å². The highest BCUT2D eigenvalue weighted by atomic mass is 35.5. The van der Waals surface area contributed by atoms with Gasteiger partial charge in [0, 0.05) is 16.8 Å². The molecule has 2 rings (SSSR count). The number of nitrogens with zero attached hydrogens (tertiary/aromatic N) is 3. The molecule has 0 saturated heterocycles. The molecule has 0 unspecified atom stereocenters. The zero-order valence-electron chi connectivity index (χ0n) is 10.0. The van der Waals surface area contributed by atoms with E-state index in [1.54, 1.807) is 19.1 Å². The van der Waals surface area contributed by atoms with Gasteiger partial charge in [-0.05, 0) is 37.6 Å². The van der Waals surface area contributed by atoms with Crippen LogP contribution in [0, 0.1) is 25.2 Å². The summed E-state index contributed by atoms with van der Waals surface area (Å²) < 4.78 is 0. The smallest absolute Gasteiger partial charge is 0.146 e. The van der Waals surface area contributed by atoms with Gasteiger partial charge in [0.25, 0.3) is 0 Å². The van der Waals surface area contributed by atoms with Gasteiger partial charge in [0.1, 0.15) is 23.4 Å². The van der Waals surface area contributed by atoms with Crippen molar-refractivity contribution in [3.8, 4) is 6.07 Å². The third kappa shape index (κ3) is 2.76. The fourth-order valence-electron chi connectivity index (χ4n) is 1.59. The van der Waals surface area contributed by atoms with Crippen molar-refractivity contribution in [2.24, 2.45) is 0 Å². The van der Waals surface area contributed by atoms with Crippen LogP contribution in [0.1, 0.15) is 17.1 Å². The third-order valence-electron chi connectivity index (χ3n) is 2.40. The van der Waals surface area contributed by atoms with Crippen LogP contribution in [0.3, 0.4) is 0 Å². The number of nitrogens with one attached hydrogen (secondary N) is 1. The monoisotopic (exact) mass is 258 g/mol. The molecule has 1 N–H and O–H groups in total. The Kier molecular flexibility index (Phi) is 3.45. The van der Waals surface area contributed by atoms with Crippen LogP contribution in [0.4, 0.5) is 11.5 Å². The van der Waals surface area contributed by atoms with Crippen molar-refractivity contribution in [1.29, 1.82) is 5.26 Å². The maximum absolute atomic E-state index is 8.86. The second kappa shape index (κ2) is 5.03. The maximum atomic E-state index is 8.86. The Hall–Kier alpha value is -2.12. The van der Waals surface area contributed by atoms with E-state index in [2.05, 4.69) is 15.3 Å². The number of nitriles is 1. The lowest BCUT2D eigenvalue weighted by Gasteiger charge is -2.09. The van der Waals surface area contributed by atoms with Crippen molar-refractivity contribution in [2.75, 3.05) is 5.32 Å². The zero-order valence-corrected chi connectivity index (χ0v) is 10.8. The van der Waals surface area contributed by atoms with E-state index in [1.165, 1.54) is 0 Å². The summed E-state index contributed by atoms with van der Waals surface area (Å²) in [6.07, 6.45) is 0. The Morgan fingerprint density at radius 2 is 2.00 bits per heavy atom. The summed E-state index contributed by atoms with van der Waals surface area (Å²) in [5.74, 6) is 1.16. The Morgan fingerprint density at radius 3 is 2.67 bits per heavy atom. The fourth-order valence-corrected chi connectivity index (χ4v) is 1.82. The van der Waals surface area contributed by atoms with Crippen LogP contribution in [0.25, 0.3) is 0 Å². The van der Waals surface area contributed by atoms with Gasteiger partial charge in [-0.25, -0.2) is 9.97 Å². The third-order valence-corrected chi connectivity index (χ3v) is 2.64. The van der Waals surface area contributed by atoms with E-state index in [0.717, 1.165) is 11.3 Å². The van der Waals surface area contributed by atoms with Crippen LogP contribution >= 0.6 is 11.6 Å². The van der Waals surface area contributed by atoms with Gasteiger partial charge in [-0.1, -0.05) is 11.6 Å². The molecule has 90 valence electrons. The molecule has 0 fully saturated rings. The summed E-state index contributed by atoms with van der Waals surface area (Å²) >= 11 is 5.90. The molecule has 0 amide bonds. The Balaban J connectivity index is 2.34. The first-order chi connectivity index (χ1) is 8.58. The number of rotatable bonds is 2.